The first-order valence-electron chi connectivity index (χ1n) is 12.0. The molecular formula is C26H36FN3O5S. The molecule has 2 rings (SSSR count). The number of nitrogens with zero attached hydrogens (tertiary/aromatic N) is 2. The van der Waals surface area contributed by atoms with Gasteiger partial charge in [0.05, 0.1) is 19.1 Å². The third-order valence-corrected chi connectivity index (χ3v) is 6.94. The summed E-state index contributed by atoms with van der Waals surface area (Å²) in [5.41, 5.74) is 1.13. The van der Waals surface area contributed by atoms with Gasteiger partial charge in [0.25, 0.3) is 0 Å². The van der Waals surface area contributed by atoms with Crippen LogP contribution >= 0.6 is 0 Å². The van der Waals surface area contributed by atoms with Crippen LogP contribution < -0.4 is 14.4 Å². The van der Waals surface area contributed by atoms with Crippen molar-refractivity contribution in [1.82, 2.24) is 10.2 Å². The lowest BCUT2D eigenvalue weighted by Gasteiger charge is -2.29. The summed E-state index contributed by atoms with van der Waals surface area (Å²) in [5, 5.41) is 2.87. The van der Waals surface area contributed by atoms with Gasteiger partial charge in [-0.2, -0.15) is 0 Å². The number of hydrogen-bond donors (Lipinski definition) is 1. The van der Waals surface area contributed by atoms with Gasteiger partial charge in [0, 0.05) is 26.1 Å². The maximum absolute atomic E-state index is 13.3. The largest absolute Gasteiger partial charge is 0.497 e. The van der Waals surface area contributed by atoms with Crippen LogP contribution in [0, 0.1) is 5.82 Å². The molecule has 0 aliphatic rings. The molecule has 198 valence electrons. The van der Waals surface area contributed by atoms with Crippen LogP contribution in [0.5, 0.6) is 5.75 Å². The molecule has 0 saturated carbocycles. The molecule has 0 bridgehead atoms. The van der Waals surface area contributed by atoms with Gasteiger partial charge in [0.2, 0.25) is 21.8 Å². The maximum Gasteiger partial charge on any atom is 0.242 e. The Labute approximate surface area is 213 Å². The molecule has 0 aromatic heterocycles. The average Bonchev–Trinajstić information content (AvgIpc) is 2.85. The van der Waals surface area contributed by atoms with E-state index in [1.165, 1.54) is 29.2 Å². The second-order valence-corrected chi connectivity index (χ2v) is 10.5. The first-order chi connectivity index (χ1) is 17.1. The zero-order chi connectivity index (χ0) is 26.7. The summed E-state index contributed by atoms with van der Waals surface area (Å²) in [6, 6.07) is 11.7. The van der Waals surface area contributed by atoms with E-state index in [1.54, 1.807) is 20.1 Å². The summed E-state index contributed by atoms with van der Waals surface area (Å²) in [6.45, 7) is 4.48. The second-order valence-electron chi connectivity index (χ2n) is 8.61. The van der Waals surface area contributed by atoms with Gasteiger partial charge in [-0.15, -0.1) is 0 Å². The molecule has 0 radical (unpaired) electrons. The number of benzene rings is 2. The molecule has 10 heteroatoms. The van der Waals surface area contributed by atoms with Crippen molar-refractivity contribution in [3.63, 3.8) is 0 Å². The van der Waals surface area contributed by atoms with E-state index in [9.17, 15) is 22.4 Å². The first-order valence-corrected chi connectivity index (χ1v) is 13.8. The lowest BCUT2D eigenvalue weighted by molar-refractivity contribution is -0.140. The lowest BCUT2D eigenvalue weighted by Crippen LogP contribution is -2.48. The van der Waals surface area contributed by atoms with Crippen LogP contribution in [0.3, 0.4) is 0 Å². The zero-order valence-corrected chi connectivity index (χ0v) is 22.2. The summed E-state index contributed by atoms with van der Waals surface area (Å²) < 4.78 is 44.4. The number of carbonyl (C=O) groups excluding carboxylic acids is 2. The fourth-order valence-corrected chi connectivity index (χ4v) is 4.66. The first kappa shape index (κ1) is 29.1. The van der Waals surface area contributed by atoms with Crippen LogP contribution in [0.2, 0.25) is 0 Å². The third kappa shape index (κ3) is 8.82. The number of carbonyl (C=O) groups is 2. The van der Waals surface area contributed by atoms with Crippen LogP contribution in [0.4, 0.5) is 10.1 Å². The summed E-state index contributed by atoms with van der Waals surface area (Å²) in [7, 11) is -2.08. The van der Waals surface area contributed by atoms with E-state index in [2.05, 4.69) is 5.32 Å². The van der Waals surface area contributed by atoms with Crippen molar-refractivity contribution in [1.29, 1.82) is 0 Å². The third-order valence-electron chi connectivity index (χ3n) is 5.75. The summed E-state index contributed by atoms with van der Waals surface area (Å²) >= 11 is 0. The number of unbranched alkanes of at least 4 members (excludes halogenated alkanes) is 1. The van der Waals surface area contributed by atoms with Crippen molar-refractivity contribution in [2.24, 2.45) is 0 Å². The lowest BCUT2D eigenvalue weighted by atomic mass is 10.1. The Morgan fingerprint density at radius 3 is 2.42 bits per heavy atom. The molecule has 1 atom stereocenters. The molecule has 1 N–H and O–H groups in total. The molecule has 0 aliphatic carbocycles. The highest BCUT2D eigenvalue weighted by atomic mass is 32.2. The molecule has 36 heavy (non-hydrogen) atoms. The molecule has 0 spiro atoms. The number of methoxy groups -OCH3 is 1. The van der Waals surface area contributed by atoms with Gasteiger partial charge in [-0.1, -0.05) is 25.5 Å². The van der Waals surface area contributed by atoms with Crippen molar-refractivity contribution in [3.8, 4) is 5.75 Å². The minimum Gasteiger partial charge on any atom is -0.497 e. The second kappa shape index (κ2) is 13.8. The molecule has 0 unspecified atom stereocenters. The predicted molar refractivity (Wildman–Crippen MR) is 139 cm³/mol. The molecule has 2 amide bonds. The number of rotatable bonds is 14. The number of ether oxygens (including phenoxy) is 1. The van der Waals surface area contributed by atoms with Crippen LogP contribution in [0.25, 0.3) is 0 Å². The van der Waals surface area contributed by atoms with Crippen molar-refractivity contribution in [2.45, 2.75) is 52.1 Å². The maximum atomic E-state index is 13.3. The van der Waals surface area contributed by atoms with Gasteiger partial charge in [-0.25, -0.2) is 12.8 Å². The van der Waals surface area contributed by atoms with Gasteiger partial charge >= 0.3 is 0 Å². The molecule has 0 aliphatic heterocycles. The van der Waals surface area contributed by atoms with E-state index in [0.717, 1.165) is 29.0 Å². The monoisotopic (exact) mass is 521 g/mol. The Balaban J connectivity index is 2.16. The molecule has 8 nitrogen and oxygen atoms in total. The van der Waals surface area contributed by atoms with Crippen molar-refractivity contribution >= 4 is 27.5 Å². The average molecular weight is 522 g/mol. The van der Waals surface area contributed by atoms with E-state index in [4.69, 9.17) is 4.74 Å². The summed E-state index contributed by atoms with van der Waals surface area (Å²) in [5.74, 6) is -0.350. The number of anilines is 1. The van der Waals surface area contributed by atoms with Crippen LogP contribution in [-0.4, -0.2) is 57.6 Å². The molecule has 2 aromatic carbocycles. The van der Waals surface area contributed by atoms with E-state index in [0.29, 0.717) is 18.0 Å². The van der Waals surface area contributed by atoms with Crippen molar-refractivity contribution in [3.05, 3.63) is 59.9 Å². The Kier molecular flexibility index (Phi) is 11.2. The molecule has 2 aromatic rings. The summed E-state index contributed by atoms with van der Waals surface area (Å²) in [4.78, 5) is 27.5. The molecule has 0 heterocycles. The minimum absolute atomic E-state index is 0.0315. The minimum atomic E-state index is -3.64. The smallest absolute Gasteiger partial charge is 0.242 e. The Morgan fingerprint density at radius 2 is 1.81 bits per heavy atom. The highest BCUT2D eigenvalue weighted by Gasteiger charge is 2.26. The fourth-order valence-electron chi connectivity index (χ4n) is 3.70. The number of nitrogens with one attached hydrogen (secondary N) is 1. The van der Waals surface area contributed by atoms with E-state index in [1.807, 2.05) is 25.1 Å². The fraction of sp³-hybridized carbons (Fsp3) is 0.462. The number of halogens is 1. The van der Waals surface area contributed by atoms with Gasteiger partial charge < -0.3 is 15.0 Å². The van der Waals surface area contributed by atoms with E-state index >= 15 is 0 Å². The van der Waals surface area contributed by atoms with Gasteiger partial charge in [-0.3, -0.25) is 13.9 Å². The topological polar surface area (TPSA) is 96.0 Å². The van der Waals surface area contributed by atoms with Crippen LogP contribution in [-0.2, 0) is 26.2 Å². The SMILES string of the molecule is CCCCNC(=O)[C@H](C)N(Cc1cccc(OC)c1)C(=O)CCCN(c1ccc(F)cc1)S(C)(=O)=O. The zero-order valence-electron chi connectivity index (χ0n) is 21.4. The molecular weight excluding hydrogens is 485 g/mol. The van der Waals surface area contributed by atoms with Crippen molar-refractivity contribution in [2.75, 3.05) is 30.8 Å². The van der Waals surface area contributed by atoms with Gasteiger partial charge in [0.15, 0.2) is 0 Å². The molecule has 0 saturated heterocycles. The Hall–Kier alpha value is -3.14. The van der Waals surface area contributed by atoms with E-state index in [-0.39, 0.29) is 37.7 Å². The molecule has 0 fully saturated rings. The standard InChI is InChI=1S/C26H36FN3O5S/c1-5-6-16-28-26(32)20(2)29(19-21-9-7-10-24(18-21)35-3)25(31)11-8-17-30(36(4,33)34)23-14-12-22(27)13-15-23/h7,9-10,12-15,18,20H,5-6,8,11,16-17,19H2,1-4H3,(H,28,32)/t20-/m0/s1. The highest BCUT2D eigenvalue weighted by molar-refractivity contribution is 7.92. The number of hydrogen-bond acceptors (Lipinski definition) is 5. The number of amides is 2. The van der Waals surface area contributed by atoms with E-state index < -0.39 is 21.9 Å². The highest BCUT2D eigenvalue weighted by Crippen LogP contribution is 2.20. The summed E-state index contributed by atoms with van der Waals surface area (Å²) in [6.07, 6.45) is 3.10. The number of sulfonamides is 1. The Morgan fingerprint density at radius 1 is 1.11 bits per heavy atom. The van der Waals surface area contributed by atoms with Crippen LogP contribution in [0.15, 0.2) is 48.5 Å². The predicted octanol–water partition coefficient (Wildman–Crippen LogP) is 3.71. The van der Waals surface area contributed by atoms with Crippen LogP contribution in [0.1, 0.15) is 45.1 Å². The normalized spacial score (nSPS) is 12.0. The quantitative estimate of drug-likeness (QED) is 0.383. The Bertz CT molecular complexity index is 1110. The van der Waals surface area contributed by atoms with Crippen molar-refractivity contribution < 1.29 is 27.1 Å². The van der Waals surface area contributed by atoms with Gasteiger partial charge in [-0.05, 0) is 61.7 Å². The van der Waals surface area contributed by atoms with Gasteiger partial charge in [0.1, 0.15) is 17.6 Å².